The number of fused-ring (bicyclic) bond motifs is 3. The molecule has 0 radical (unpaired) electrons. The number of nitrogens with zero attached hydrogens (tertiary/aromatic N) is 1. The topological polar surface area (TPSA) is 65.2 Å². The van der Waals surface area contributed by atoms with Gasteiger partial charge in [0.25, 0.3) is 0 Å². The summed E-state index contributed by atoms with van der Waals surface area (Å²) in [5.41, 5.74) is 2.58. The Morgan fingerprint density at radius 3 is 2.73 bits per heavy atom. The molecule has 1 aromatic carbocycles. The van der Waals surface area contributed by atoms with Crippen LogP contribution in [0.1, 0.15) is 84.6 Å². The highest BCUT2D eigenvalue weighted by molar-refractivity contribution is 5.90. The SMILES string of the molecule is CCCCCCC(=O)NC(Cc1c[nH]c2ccccc12)C(=O)N1CC2(C)CC1CC(C)(C)C2. The quantitative estimate of drug-likeness (QED) is 0.488. The number of H-pyrrole nitrogens is 1. The molecule has 4 rings (SSSR count). The lowest BCUT2D eigenvalue weighted by Crippen LogP contribution is -2.51. The van der Waals surface area contributed by atoms with Crippen molar-refractivity contribution in [1.29, 1.82) is 0 Å². The highest BCUT2D eigenvalue weighted by Crippen LogP contribution is 2.52. The number of unbranched alkanes of at least 4 members (excludes halogenated alkanes) is 3. The van der Waals surface area contributed by atoms with E-state index in [1.807, 2.05) is 18.3 Å². The summed E-state index contributed by atoms with van der Waals surface area (Å²) in [7, 11) is 0. The molecule has 3 unspecified atom stereocenters. The van der Waals surface area contributed by atoms with Gasteiger partial charge in [-0.2, -0.15) is 0 Å². The molecule has 0 spiro atoms. The molecule has 33 heavy (non-hydrogen) atoms. The van der Waals surface area contributed by atoms with E-state index >= 15 is 0 Å². The van der Waals surface area contributed by atoms with E-state index in [9.17, 15) is 9.59 Å². The van der Waals surface area contributed by atoms with Crippen molar-refractivity contribution in [3.63, 3.8) is 0 Å². The van der Waals surface area contributed by atoms with Crippen LogP contribution in [0.25, 0.3) is 10.9 Å². The smallest absolute Gasteiger partial charge is 0.245 e. The van der Waals surface area contributed by atoms with Crippen molar-refractivity contribution in [1.82, 2.24) is 15.2 Å². The molecule has 2 aliphatic rings. The van der Waals surface area contributed by atoms with Gasteiger partial charge in [-0.3, -0.25) is 9.59 Å². The standard InChI is InChI=1S/C28H41N3O2/c1-5-6-7-8-13-25(32)30-24(14-20-17-29-23-12-10-9-11-22(20)23)26(33)31-19-28(4)16-21(31)15-27(2,3)18-28/h9-12,17,21,24,29H,5-8,13-16,18-19H2,1-4H3,(H,30,32). The molecule has 2 bridgehead atoms. The number of rotatable bonds is 9. The van der Waals surface area contributed by atoms with Crippen LogP contribution in [-0.4, -0.2) is 40.3 Å². The van der Waals surface area contributed by atoms with Crippen molar-refractivity contribution in [2.45, 2.75) is 97.6 Å². The van der Waals surface area contributed by atoms with E-state index in [4.69, 9.17) is 0 Å². The Hall–Kier alpha value is -2.30. The summed E-state index contributed by atoms with van der Waals surface area (Å²) >= 11 is 0. The average molecular weight is 452 g/mol. The van der Waals surface area contributed by atoms with Crippen molar-refractivity contribution in [2.75, 3.05) is 6.54 Å². The molecule has 2 heterocycles. The first kappa shape index (κ1) is 23.8. The molecule has 2 aromatic rings. The molecule has 1 aliphatic carbocycles. The minimum absolute atomic E-state index is 0.00185. The van der Waals surface area contributed by atoms with Crippen molar-refractivity contribution in [3.05, 3.63) is 36.0 Å². The predicted octanol–water partition coefficient (Wildman–Crippen LogP) is 5.59. The van der Waals surface area contributed by atoms with E-state index in [1.165, 1.54) is 0 Å². The molecule has 1 saturated heterocycles. The molecule has 1 aromatic heterocycles. The van der Waals surface area contributed by atoms with E-state index in [0.29, 0.717) is 12.8 Å². The van der Waals surface area contributed by atoms with Gasteiger partial charge < -0.3 is 15.2 Å². The fourth-order valence-corrected chi connectivity index (χ4v) is 6.62. The normalized spacial score (nSPS) is 24.7. The van der Waals surface area contributed by atoms with Gasteiger partial charge in [0.2, 0.25) is 11.8 Å². The van der Waals surface area contributed by atoms with Gasteiger partial charge in [0.05, 0.1) is 0 Å². The predicted molar refractivity (Wildman–Crippen MR) is 134 cm³/mol. The monoisotopic (exact) mass is 451 g/mol. The van der Waals surface area contributed by atoms with Gasteiger partial charge in [0.1, 0.15) is 6.04 Å². The summed E-state index contributed by atoms with van der Waals surface area (Å²) in [5, 5.41) is 4.27. The van der Waals surface area contributed by atoms with E-state index in [2.05, 4.69) is 55.0 Å². The Labute approximate surface area is 198 Å². The van der Waals surface area contributed by atoms with E-state index in [1.54, 1.807) is 0 Å². The van der Waals surface area contributed by atoms with Gasteiger partial charge in [-0.25, -0.2) is 0 Å². The Balaban J connectivity index is 1.53. The van der Waals surface area contributed by atoms with Gasteiger partial charge in [-0.1, -0.05) is 65.2 Å². The van der Waals surface area contributed by atoms with E-state index in [0.717, 1.165) is 68.0 Å². The highest BCUT2D eigenvalue weighted by Gasteiger charge is 2.51. The maximum absolute atomic E-state index is 13.9. The number of benzene rings is 1. The fraction of sp³-hybridized carbons (Fsp3) is 0.643. The van der Waals surface area contributed by atoms with Gasteiger partial charge in [0, 0.05) is 42.5 Å². The molecule has 2 N–H and O–H groups in total. The number of carbonyl (C=O) groups excluding carboxylic acids is 2. The minimum Gasteiger partial charge on any atom is -0.361 e. The van der Waals surface area contributed by atoms with Crippen LogP contribution in [0.2, 0.25) is 0 Å². The molecule has 1 aliphatic heterocycles. The molecular weight excluding hydrogens is 410 g/mol. The number of likely N-dealkylation sites (tertiary alicyclic amines) is 1. The summed E-state index contributed by atoms with van der Waals surface area (Å²) in [6.07, 6.45) is 10.5. The second-order valence-corrected chi connectivity index (χ2v) is 11.7. The second-order valence-electron chi connectivity index (χ2n) is 11.7. The third-order valence-corrected chi connectivity index (χ3v) is 7.69. The van der Waals surface area contributed by atoms with Crippen LogP contribution >= 0.6 is 0 Å². The highest BCUT2D eigenvalue weighted by atomic mass is 16.2. The molecule has 5 heteroatoms. The van der Waals surface area contributed by atoms with Gasteiger partial charge >= 0.3 is 0 Å². The summed E-state index contributed by atoms with van der Waals surface area (Å²) in [6, 6.07) is 7.92. The number of aromatic amines is 1. The average Bonchev–Trinajstić information content (AvgIpc) is 3.27. The maximum atomic E-state index is 13.9. The van der Waals surface area contributed by atoms with Crippen LogP contribution in [0.3, 0.4) is 0 Å². The van der Waals surface area contributed by atoms with Gasteiger partial charge in [-0.15, -0.1) is 0 Å². The van der Waals surface area contributed by atoms with Crippen LogP contribution in [0.5, 0.6) is 0 Å². The Bertz CT molecular complexity index is 994. The first-order valence-electron chi connectivity index (χ1n) is 12.8. The van der Waals surface area contributed by atoms with Crippen LogP contribution in [0.4, 0.5) is 0 Å². The van der Waals surface area contributed by atoms with Crippen molar-refractivity contribution in [3.8, 4) is 0 Å². The zero-order valence-corrected chi connectivity index (χ0v) is 20.9. The number of para-hydroxylation sites is 1. The molecule has 3 atom stereocenters. The number of hydrogen-bond acceptors (Lipinski definition) is 2. The Kier molecular flexibility index (Phi) is 6.88. The summed E-state index contributed by atoms with van der Waals surface area (Å²) in [4.78, 5) is 32.2. The fourth-order valence-electron chi connectivity index (χ4n) is 6.62. The third kappa shape index (κ3) is 5.44. The largest absolute Gasteiger partial charge is 0.361 e. The van der Waals surface area contributed by atoms with Crippen LogP contribution < -0.4 is 5.32 Å². The summed E-state index contributed by atoms with van der Waals surface area (Å²) in [6.45, 7) is 9.95. The second kappa shape index (κ2) is 9.52. The van der Waals surface area contributed by atoms with E-state index in [-0.39, 0.29) is 28.7 Å². The number of hydrogen-bond donors (Lipinski definition) is 2. The summed E-state index contributed by atoms with van der Waals surface area (Å²) in [5.74, 6) is 0.0895. The lowest BCUT2D eigenvalue weighted by Gasteiger charge is -2.39. The van der Waals surface area contributed by atoms with E-state index < -0.39 is 6.04 Å². The molecule has 1 saturated carbocycles. The van der Waals surface area contributed by atoms with Gasteiger partial charge in [-0.05, 0) is 48.1 Å². The number of nitrogens with one attached hydrogen (secondary N) is 2. The van der Waals surface area contributed by atoms with Gasteiger partial charge in [0.15, 0.2) is 0 Å². The van der Waals surface area contributed by atoms with Crippen molar-refractivity contribution < 1.29 is 9.59 Å². The molecule has 5 nitrogen and oxygen atoms in total. The maximum Gasteiger partial charge on any atom is 0.245 e. The van der Waals surface area contributed by atoms with Crippen LogP contribution in [0, 0.1) is 10.8 Å². The lowest BCUT2D eigenvalue weighted by atomic mass is 9.65. The number of aromatic nitrogens is 1. The first-order chi connectivity index (χ1) is 15.7. The number of carbonyl (C=O) groups is 2. The van der Waals surface area contributed by atoms with Crippen molar-refractivity contribution in [2.24, 2.45) is 10.8 Å². The Morgan fingerprint density at radius 1 is 1.15 bits per heavy atom. The Morgan fingerprint density at radius 2 is 1.94 bits per heavy atom. The lowest BCUT2D eigenvalue weighted by molar-refractivity contribution is -0.137. The first-order valence-corrected chi connectivity index (χ1v) is 12.8. The molecular formula is C28H41N3O2. The van der Waals surface area contributed by atoms with Crippen LogP contribution in [0.15, 0.2) is 30.5 Å². The van der Waals surface area contributed by atoms with Crippen molar-refractivity contribution >= 4 is 22.7 Å². The van der Waals surface area contributed by atoms with Crippen LogP contribution in [-0.2, 0) is 16.0 Å². The molecule has 2 amide bonds. The zero-order chi connectivity index (χ0) is 23.6. The minimum atomic E-state index is -0.519. The summed E-state index contributed by atoms with van der Waals surface area (Å²) < 4.78 is 0. The third-order valence-electron chi connectivity index (χ3n) is 7.69. The molecule has 180 valence electrons. The zero-order valence-electron chi connectivity index (χ0n) is 20.9. The number of amides is 2. The molecule has 2 fully saturated rings.